The van der Waals surface area contributed by atoms with Crippen molar-refractivity contribution in [3.05, 3.63) is 16.9 Å². The van der Waals surface area contributed by atoms with Crippen molar-refractivity contribution in [2.75, 3.05) is 30.3 Å². The lowest BCUT2D eigenvalue weighted by molar-refractivity contribution is 0.302. The largest absolute Gasteiger partial charge is 0.396 e. The number of aromatic nitrogens is 1. The maximum Gasteiger partial charge on any atom is 0.0776 e. The Kier molecular flexibility index (Phi) is 4.16. The van der Waals surface area contributed by atoms with E-state index in [9.17, 15) is 0 Å². The second-order valence-electron chi connectivity index (χ2n) is 2.86. The van der Waals surface area contributed by atoms with Crippen LogP contribution in [-0.4, -0.2) is 29.8 Å². The van der Waals surface area contributed by atoms with Crippen molar-refractivity contribution < 1.29 is 5.11 Å². The van der Waals surface area contributed by atoms with E-state index in [4.69, 9.17) is 10.8 Å². The van der Waals surface area contributed by atoms with Crippen LogP contribution in [0.25, 0.3) is 0 Å². The fraction of sp³-hybridized carbons (Fsp3) is 0.444. The number of hydrogen-bond acceptors (Lipinski definition) is 4. The van der Waals surface area contributed by atoms with Crippen molar-refractivity contribution in [2.24, 2.45) is 0 Å². The number of hydrogen-bond donors (Lipinski definition) is 2. The van der Waals surface area contributed by atoms with Gasteiger partial charge in [-0.25, -0.2) is 0 Å². The molecule has 0 aliphatic rings. The Morgan fingerprint density at radius 2 is 2.29 bits per heavy atom. The van der Waals surface area contributed by atoms with Crippen molar-refractivity contribution in [1.82, 2.24) is 4.98 Å². The predicted octanol–water partition coefficient (Wildman–Crippen LogP) is 1.24. The number of aliphatic hydroxyl groups excluding tert-OH is 1. The molecule has 0 fully saturated rings. The SMILES string of the molecule is CCN(CCO)c1c(N)cncc1Br. The molecule has 1 heterocycles. The molecular formula is C9H14BrN3O. The first kappa shape index (κ1) is 11.3. The van der Waals surface area contributed by atoms with Crippen molar-refractivity contribution in [1.29, 1.82) is 0 Å². The number of nitrogens with two attached hydrogens (primary N) is 1. The molecule has 1 aromatic rings. The summed E-state index contributed by atoms with van der Waals surface area (Å²) in [7, 11) is 0. The molecule has 1 aromatic heterocycles. The van der Waals surface area contributed by atoms with Crippen LogP contribution in [0.5, 0.6) is 0 Å². The van der Waals surface area contributed by atoms with Crippen LogP contribution in [0.1, 0.15) is 6.92 Å². The average Bonchev–Trinajstić information content (AvgIpc) is 2.16. The maximum atomic E-state index is 8.90. The number of anilines is 2. The zero-order chi connectivity index (χ0) is 10.6. The lowest BCUT2D eigenvalue weighted by Gasteiger charge is -2.24. The minimum Gasteiger partial charge on any atom is -0.396 e. The van der Waals surface area contributed by atoms with Crippen LogP contribution < -0.4 is 10.6 Å². The first-order valence-corrected chi connectivity index (χ1v) is 5.24. The van der Waals surface area contributed by atoms with Crippen LogP contribution >= 0.6 is 15.9 Å². The second-order valence-corrected chi connectivity index (χ2v) is 3.72. The quantitative estimate of drug-likeness (QED) is 0.855. The highest BCUT2D eigenvalue weighted by Gasteiger charge is 2.11. The molecule has 4 nitrogen and oxygen atoms in total. The lowest BCUT2D eigenvalue weighted by atomic mass is 10.3. The predicted molar refractivity (Wildman–Crippen MR) is 61.3 cm³/mol. The van der Waals surface area contributed by atoms with Gasteiger partial charge in [-0.2, -0.15) is 0 Å². The monoisotopic (exact) mass is 259 g/mol. The molecule has 0 amide bonds. The number of aliphatic hydroxyl groups is 1. The first-order valence-electron chi connectivity index (χ1n) is 4.45. The van der Waals surface area contributed by atoms with Crippen LogP contribution in [0.2, 0.25) is 0 Å². The van der Waals surface area contributed by atoms with E-state index < -0.39 is 0 Å². The van der Waals surface area contributed by atoms with E-state index in [2.05, 4.69) is 20.9 Å². The number of pyridine rings is 1. The number of nitrogen functional groups attached to an aromatic ring is 1. The fourth-order valence-corrected chi connectivity index (χ4v) is 1.92. The Hall–Kier alpha value is -0.810. The van der Waals surface area contributed by atoms with Crippen LogP contribution in [0.3, 0.4) is 0 Å². The highest BCUT2D eigenvalue weighted by atomic mass is 79.9. The summed E-state index contributed by atoms with van der Waals surface area (Å²) >= 11 is 3.39. The molecule has 0 saturated heterocycles. The molecule has 0 aromatic carbocycles. The normalized spacial score (nSPS) is 10.2. The van der Waals surface area contributed by atoms with Crippen molar-refractivity contribution in [3.8, 4) is 0 Å². The topological polar surface area (TPSA) is 62.4 Å². The molecule has 0 bridgehead atoms. The molecule has 0 radical (unpaired) electrons. The highest BCUT2D eigenvalue weighted by molar-refractivity contribution is 9.10. The van der Waals surface area contributed by atoms with Crippen LogP contribution in [0, 0.1) is 0 Å². The summed E-state index contributed by atoms with van der Waals surface area (Å²) in [6.07, 6.45) is 3.31. The van der Waals surface area contributed by atoms with E-state index in [0.29, 0.717) is 12.2 Å². The summed E-state index contributed by atoms with van der Waals surface area (Å²) in [5.41, 5.74) is 7.33. The van der Waals surface area contributed by atoms with Crippen LogP contribution in [0.4, 0.5) is 11.4 Å². The van der Waals surface area contributed by atoms with Gasteiger partial charge in [-0.15, -0.1) is 0 Å². The maximum absolute atomic E-state index is 8.90. The van der Waals surface area contributed by atoms with E-state index in [0.717, 1.165) is 16.7 Å². The minimum atomic E-state index is 0.113. The standard InChI is InChI=1S/C9H14BrN3O/c1-2-13(3-4-14)9-7(10)5-12-6-8(9)11/h5-6,14H,2-4,11H2,1H3. The Bertz CT molecular complexity index is 286. The first-order chi connectivity index (χ1) is 6.70. The molecule has 0 aliphatic heterocycles. The highest BCUT2D eigenvalue weighted by Crippen LogP contribution is 2.30. The summed E-state index contributed by atoms with van der Waals surface area (Å²) in [6.45, 7) is 3.50. The molecule has 78 valence electrons. The van der Waals surface area contributed by atoms with E-state index in [-0.39, 0.29) is 6.61 Å². The van der Waals surface area contributed by atoms with Crippen LogP contribution in [0.15, 0.2) is 16.9 Å². The van der Waals surface area contributed by atoms with Crippen molar-refractivity contribution >= 4 is 27.3 Å². The Morgan fingerprint density at radius 3 is 2.79 bits per heavy atom. The van der Waals surface area contributed by atoms with Crippen LogP contribution in [-0.2, 0) is 0 Å². The smallest absolute Gasteiger partial charge is 0.0776 e. The van der Waals surface area contributed by atoms with Crippen molar-refractivity contribution in [2.45, 2.75) is 6.92 Å². The van der Waals surface area contributed by atoms with Gasteiger partial charge in [-0.1, -0.05) is 0 Å². The third kappa shape index (κ3) is 2.36. The molecule has 5 heteroatoms. The fourth-order valence-electron chi connectivity index (χ4n) is 1.33. The summed E-state index contributed by atoms with van der Waals surface area (Å²) in [5.74, 6) is 0. The van der Waals surface area contributed by atoms with E-state index in [1.807, 2.05) is 11.8 Å². The summed E-state index contributed by atoms with van der Waals surface area (Å²) in [4.78, 5) is 5.96. The molecule has 1 rings (SSSR count). The van der Waals surface area contributed by atoms with E-state index in [1.165, 1.54) is 0 Å². The van der Waals surface area contributed by atoms with Gasteiger partial charge in [0.1, 0.15) is 0 Å². The number of halogens is 1. The molecule has 0 unspecified atom stereocenters. The molecule has 0 aliphatic carbocycles. The molecule has 14 heavy (non-hydrogen) atoms. The zero-order valence-corrected chi connectivity index (χ0v) is 9.66. The third-order valence-electron chi connectivity index (χ3n) is 1.97. The van der Waals surface area contributed by atoms with Gasteiger partial charge in [0.05, 0.1) is 28.7 Å². The van der Waals surface area contributed by atoms with Gasteiger partial charge in [0.2, 0.25) is 0 Å². The number of nitrogens with zero attached hydrogens (tertiary/aromatic N) is 2. The minimum absolute atomic E-state index is 0.113. The number of likely N-dealkylation sites (N-methyl/N-ethyl adjacent to an activating group) is 1. The Morgan fingerprint density at radius 1 is 1.57 bits per heavy atom. The Balaban J connectivity index is 3.02. The summed E-state index contributed by atoms with van der Waals surface area (Å²) in [5, 5.41) is 8.90. The molecule has 0 saturated carbocycles. The van der Waals surface area contributed by atoms with Gasteiger partial charge >= 0.3 is 0 Å². The summed E-state index contributed by atoms with van der Waals surface area (Å²) in [6, 6.07) is 0. The van der Waals surface area contributed by atoms with Gasteiger partial charge in [0.25, 0.3) is 0 Å². The average molecular weight is 260 g/mol. The second kappa shape index (κ2) is 5.17. The van der Waals surface area contributed by atoms with Gasteiger partial charge in [-0.05, 0) is 22.9 Å². The van der Waals surface area contributed by atoms with E-state index in [1.54, 1.807) is 12.4 Å². The summed E-state index contributed by atoms with van der Waals surface area (Å²) < 4.78 is 0.854. The molecule has 3 N–H and O–H groups in total. The molecule has 0 spiro atoms. The van der Waals surface area contributed by atoms with Gasteiger partial charge in [0.15, 0.2) is 0 Å². The van der Waals surface area contributed by atoms with Gasteiger partial charge < -0.3 is 15.7 Å². The third-order valence-corrected chi connectivity index (χ3v) is 2.55. The molecular weight excluding hydrogens is 246 g/mol. The zero-order valence-electron chi connectivity index (χ0n) is 8.07. The van der Waals surface area contributed by atoms with Crippen molar-refractivity contribution in [3.63, 3.8) is 0 Å². The van der Waals surface area contributed by atoms with E-state index >= 15 is 0 Å². The van der Waals surface area contributed by atoms with Gasteiger partial charge in [0, 0.05) is 19.3 Å². The number of rotatable bonds is 4. The van der Waals surface area contributed by atoms with Gasteiger partial charge in [-0.3, -0.25) is 4.98 Å². The molecule has 0 atom stereocenters. The Labute approximate surface area is 91.9 Å². The lowest BCUT2D eigenvalue weighted by Crippen LogP contribution is -2.27.